The first-order valence-electron chi connectivity index (χ1n) is 6.27. The van der Waals surface area contributed by atoms with Gasteiger partial charge in [-0.3, -0.25) is 0 Å². The highest BCUT2D eigenvalue weighted by atomic mass is 35.5. The van der Waals surface area contributed by atoms with Gasteiger partial charge in [0.05, 0.1) is 29.1 Å². The number of nitrogens with two attached hydrogens (primary N) is 1. The molecule has 1 fully saturated rings. The van der Waals surface area contributed by atoms with E-state index < -0.39 is 5.82 Å². The molecule has 0 amide bonds. The number of halogens is 2. The van der Waals surface area contributed by atoms with Crippen LogP contribution in [0.5, 0.6) is 0 Å². The highest BCUT2D eigenvalue weighted by Gasteiger charge is 2.14. The molecule has 1 aliphatic carbocycles. The highest BCUT2D eigenvalue weighted by molar-refractivity contribution is 6.31. The Morgan fingerprint density at radius 2 is 2.11 bits per heavy atom. The Kier molecular flexibility index (Phi) is 4.66. The number of benzene rings is 1. The molecule has 0 aliphatic heterocycles. The van der Waals surface area contributed by atoms with Crippen molar-refractivity contribution in [2.75, 3.05) is 24.2 Å². The molecule has 1 aliphatic rings. The fraction of sp³-hybridized carbons (Fsp3) is 0.538. The topological polar surface area (TPSA) is 47.3 Å². The maximum atomic E-state index is 13.1. The number of anilines is 2. The molecule has 100 valence electrons. The predicted octanol–water partition coefficient (Wildman–Crippen LogP) is 3.43. The summed E-state index contributed by atoms with van der Waals surface area (Å²) in [5.74, 6) is -0.498. The smallest absolute Gasteiger partial charge is 0.143 e. The number of nitrogen functional groups attached to an aromatic ring is 1. The maximum Gasteiger partial charge on any atom is 0.143 e. The fourth-order valence-electron chi connectivity index (χ4n) is 2.18. The van der Waals surface area contributed by atoms with Crippen LogP contribution < -0.4 is 11.1 Å². The summed E-state index contributed by atoms with van der Waals surface area (Å²) in [6.45, 7) is 1.27. The van der Waals surface area contributed by atoms with Crippen LogP contribution in [0.1, 0.15) is 25.7 Å². The van der Waals surface area contributed by atoms with Crippen molar-refractivity contribution in [1.82, 2.24) is 0 Å². The Labute approximate surface area is 111 Å². The summed E-state index contributed by atoms with van der Waals surface area (Å²) < 4.78 is 18.8. The largest absolute Gasteiger partial charge is 0.397 e. The SMILES string of the molecule is Nc1cc(F)c(Cl)cc1NCCOC1CCCC1. The van der Waals surface area contributed by atoms with Crippen molar-refractivity contribution < 1.29 is 9.13 Å². The van der Waals surface area contributed by atoms with Crippen LogP contribution in [-0.4, -0.2) is 19.3 Å². The van der Waals surface area contributed by atoms with Gasteiger partial charge in [-0.15, -0.1) is 0 Å². The molecule has 1 aromatic carbocycles. The minimum absolute atomic E-state index is 0.0726. The zero-order chi connectivity index (χ0) is 13.0. The summed E-state index contributed by atoms with van der Waals surface area (Å²) in [6.07, 6.45) is 5.24. The van der Waals surface area contributed by atoms with Gasteiger partial charge in [-0.1, -0.05) is 24.4 Å². The summed E-state index contributed by atoms with van der Waals surface area (Å²) in [6, 6.07) is 2.73. The zero-order valence-electron chi connectivity index (χ0n) is 10.2. The van der Waals surface area contributed by atoms with Gasteiger partial charge in [0.25, 0.3) is 0 Å². The maximum absolute atomic E-state index is 13.1. The molecule has 0 atom stereocenters. The molecule has 0 heterocycles. The molecule has 0 unspecified atom stereocenters. The first kappa shape index (κ1) is 13.4. The van der Waals surface area contributed by atoms with Gasteiger partial charge < -0.3 is 15.8 Å². The van der Waals surface area contributed by atoms with E-state index >= 15 is 0 Å². The van der Waals surface area contributed by atoms with Gasteiger partial charge in [-0.05, 0) is 18.9 Å². The van der Waals surface area contributed by atoms with Crippen molar-refractivity contribution in [1.29, 1.82) is 0 Å². The van der Waals surface area contributed by atoms with Crippen LogP contribution in [0.15, 0.2) is 12.1 Å². The second-order valence-corrected chi connectivity index (χ2v) is 4.96. The van der Waals surface area contributed by atoms with Gasteiger partial charge in [0, 0.05) is 12.6 Å². The quantitative estimate of drug-likeness (QED) is 0.638. The average molecular weight is 273 g/mol. The van der Waals surface area contributed by atoms with Crippen LogP contribution in [0.2, 0.25) is 5.02 Å². The molecule has 3 nitrogen and oxygen atoms in total. The van der Waals surface area contributed by atoms with Crippen LogP contribution >= 0.6 is 11.6 Å². The summed E-state index contributed by atoms with van der Waals surface area (Å²) in [4.78, 5) is 0. The van der Waals surface area contributed by atoms with Crippen LogP contribution in [0.25, 0.3) is 0 Å². The van der Waals surface area contributed by atoms with Gasteiger partial charge in [0.2, 0.25) is 0 Å². The Morgan fingerprint density at radius 1 is 1.39 bits per heavy atom. The molecule has 0 aromatic heterocycles. The molecule has 1 saturated carbocycles. The molecule has 0 radical (unpaired) electrons. The lowest BCUT2D eigenvalue weighted by Crippen LogP contribution is -2.16. The van der Waals surface area contributed by atoms with E-state index in [2.05, 4.69) is 5.32 Å². The van der Waals surface area contributed by atoms with Crippen LogP contribution in [0.4, 0.5) is 15.8 Å². The average Bonchev–Trinajstić information content (AvgIpc) is 2.84. The Balaban J connectivity index is 1.77. The molecule has 3 N–H and O–H groups in total. The summed E-state index contributed by atoms with van der Waals surface area (Å²) in [7, 11) is 0. The van der Waals surface area contributed by atoms with Crippen LogP contribution in [-0.2, 0) is 4.74 Å². The summed E-state index contributed by atoms with van der Waals surface area (Å²) in [5.41, 5.74) is 6.70. The molecule has 0 bridgehead atoms. The molecular formula is C13H18ClFN2O. The molecular weight excluding hydrogens is 255 g/mol. The van der Waals surface area contributed by atoms with Gasteiger partial charge >= 0.3 is 0 Å². The Hall–Kier alpha value is -1.00. The number of hydrogen-bond acceptors (Lipinski definition) is 3. The third kappa shape index (κ3) is 3.50. The fourth-order valence-corrected chi connectivity index (χ4v) is 2.35. The lowest BCUT2D eigenvalue weighted by molar-refractivity contribution is 0.0659. The molecule has 0 spiro atoms. The first-order chi connectivity index (χ1) is 8.66. The standard InChI is InChI=1S/C13H18ClFN2O/c14-10-7-13(12(16)8-11(10)15)17-5-6-18-9-3-1-2-4-9/h7-9,17H,1-6,16H2. The molecule has 1 aromatic rings. The van der Waals surface area contributed by atoms with Gasteiger partial charge in [0.15, 0.2) is 0 Å². The lowest BCUT2D eigenvalue weighted by Gasteiger charge is -2.13. The number of rotatable bonds is 5. The van der Waals surface area contributed by atoms with E-state index in [9.17, 15) is 4.39 Å². The van der Waals surface area contributed by atoms with Crippen molar-refractivity contribution in [3.05, 3.63) is 23.0 Å². The minimum atomic E-state index is -0.498. The van der Waals surface area contributed by atoms with E-state index in [0.717, 1.165) is 12.8 Å². The minimum Gasteiger partial charge on any atom is -0.397 e. The van der Waals surface area contributed by atoms with E-state index in [-0.39, 0.29) is 5.02 Å². The van der Waals surface area contributed by atoms with Crippen molar-refractivity contribution >= 4 is 23.0 Å². The highest BCUT2D eigenvalue weighted by Crippen LogP contribution is 2.26. The normalized spacial score (nSPS) is 16.1. The van der Waals surface area contributed by atoms with Crippen LogP contribution in [0.3, 0.4) is 0 Å². The third-order valence-electron chi connectivity index (χ3n) is 3.17. The third-order valence-corrected chi connectivity index (χ3v) is 3.46. The zero-order valence-corrected chi connectivity index (χ0v) is 11.0. The monoisotopic (exact) mass is 272 g/mol. The second kappa shape index (κ2) is 6.25. The predicted molar refractivity (Wildman–Crippen MR) is 72.5 cm³/mol. The lowest BCUT2D eigenvalue weighted by atomic mass is 10.2. The number of nitrogens with one attached hydrogen (secondary N) is 1. The van der Waals surface area contributed by atoms with E-state index in [4.69, 9.17) is 22.1 Å². The first-order valence-corrected chi connectivity index (χ1v) is 6.64. The summed E-state index contributed by atoms with van der Waals surface area (Å²) >= 11 is 5.70. The van der Waals surface area contributed by atoms with E-state index in [1.165, 1.54) is 25.0 Å². The van der Waals surface area contributed by atoms with Crippen molar-refractivity contribution in [2.24, 2.45) is 0 Å². The molecule has 18 heavy (non-hydrogen) atoms. The molecule has 0 saturated heterocycles. The molecule has 2 rings (SSSR count). The Bertz CT molecular complexity index is 408. The second-order valence-electron chi connectivity index (χ2n) is 4.56. The van der Waals surface area contributed by atoms with Crippen molar-refractivity contribution in [3.8, 4) is 0 Å². The van der Waals surface area contributed by atoms with E-state index in [1.807, 2.05) is 0 Å². The van der Waals surface area contributed by atoms with Crippen molar-refractivity contribution in [3.63, 3.8) is 0 Å². The van der Waals surface area contributed by atoms with Gasteiger partial charge in [-0.25, -0.2) is 4.39 Å². The summed E-state index contributed by atoms with van der Waals surface area (Å²) in [5, 5.41) is 3.18. The van der Waals surface area contributed by atoms with E-state index in [0.29, 0.717) is 30.6 Å². The number of hydrogen-bond donors (Lipinski definition) is 2. The number of ether oxygens (including phenoxy) is 1. The van der Waals surface area contributed by atoms with Gasteiger partial charge in [-0.2, -0.15) is 0 Å². The van der Waals surface area contributed by atoms with Crippen LogP contribution in [0, 0.1) is 5.82 Å². The Morgan fingerprint density at radius 3 is 2.83 bits per heavy atom. The van der Waals surface area contributed by atoms with Gasteiger partial charge in [0.1, 0.15) is 5.82 Å². The molecule has 5 heteroatoms. The van der Waals surface area contributed by atoms with Crippen molar-refractivity contribution in [2.45, 2.75) is 31.8 Å². The van der Waals surface area contributed by atoms with E-state index in [1.54, 1.807) is 0 Å².